The predicted molar refractivity (Wildman–Crippen MR) is 125 cm³/mol. The monoisotopic (exact) mass is 443 g/mol. The minimum atomic E-state index is -3.84. The number of hydrogen-bond acceptors (Lipinski definition) is 5. The van der Waals surface area contributed by atoms with Crippen molar-refractivity contribution in [1.82, 2.24) is 19.6 Å². The lowest BCUT2D eigenvalue weighted by Gasteiger charge is -2.20. The Labute approximate surface area is 186 Å². The molecule has 0 aliphatic carbocycles. The van der Waals surface area contributed by atoms with Gasteiger partial charge in [0, 0.05) is 12.6 Å². The van der Waals surface area contributed by atoms with Gasteiger partial charge in [0.25, 0.3) is 10.0 Å². The van der Waals surface area contributed by atoms with E-state index in [1.54, 1.807) is 24.3 Å². The average molecular weight is 444 g/mol. The van der Waals surface area contributed by atoms with Crippen LogP contribution in [0.2, 0.25) is 0 Å². The van der Waals surface area contributed by atoms with Gasteiger partial charge < -0.3 is 0 Å². The molecule has 160 valence electrons. The highest BCUT2D eigenvalue weighted by molar-refractivity contribution is 7.92. The molecule has 0 bridgehead atoms. The normalized spacial score (nSPS) is 11.8. The van der Waals surface area contributed by atoms with Gasteiger partial charge in [0.2, 0.25) is 5.65 Å². The summed E-state index contributed by atoms with van der Waals surface area (Å²) >= 11 is 0. The molecule has 2 heterocycles. The van der Waals surface area contributed by atoms with Crippen molar-refractivity contribution in [2.24, 2.45) is 0 Å². The zero-order valence-corrected chi connectivity index (χ0v) is 18.7. The van der Waals surface area contributed by atoms with E-state index < -0.39 is 10.0 Å². The Morgan fingerprint density at radius 3 is 2.12 bits per heavy atom. The lowest BCUT2D eigenvalue weighted by Crippen LogP contribution is -2.28. The van der Waals surface area contributed by atoms with Crippen LogP contribution in [0.4, 0.5) is 5.82 Å². The van der Waals surface area contributed by atoms with E-state index in [2.05, 4.69) is 15.2 Å². The molecule has 7 nitrogen and oxygen atoms in total. The van der Waals surface area contributed by atoms with Crippen molar-refractivity contribution < 1.29 is 8.42 Å². The molecule has 0 saturated carbocycles. The van der Waals surface area contributed by atoms with Crippen LogP contribution in [0.1, 0.15) is 11.1 Å². The zero-order valence-electron chi connectivity index (χ0n) is 17.9. The van der Waals surface area contributed by atoms with E-state index >= 15 is 0 Å². The first kappa shape index (κ1) is 20.1. The van der Waals surface area contributed by atoms with Crippen molar-refractivity contribution in [2.75, 3.05) is 11.4 Å². The molecule has 0 saturated heterocycles. The average Bonchev–Trinajstić information content (AvgIpc) is 3.24. The van der Waals surface area contributed by atoms with E-state index in [1.807, 2.05) is 66.8 Å². The number of anilines is 1. The first-order valence-electron chi connectivity index (χ1n) is 10.1. The summed E-state index contributed by atoms with van der Waals surface area (Å²) in [5, 5.41) is 8.76. The van der Waals surface area contributed by atoms with Crippen molar-refractivity contribution in [3.8, 4) is 11.4 Å². The molecule has 0 N–H and O–H groups in total. The van der Waals surface area contributed by atoms with Gasteiger partial charge in [-0.1, -0.05) is 59.7 Å². The van der Waals surface area contributed by atoms with E-state index in [-0.39, 0.29) is 10.7 Å². The number of aryl methyl sites for hydroxylation is 2. The number of sulfonamides is 1. The SMILES string of the molecule is Cc1ccc(-c2nnc3c(N(C)S(=O)(=O)c4ccc(C)cc4)nc4ccccc4n23)cc1. The largest absolute Gasteiger partial charge is 0.270 e. The van der Waals surface area contributed by atoms with Crippen LogP contribution in [0.5, 0.6) is 0 Å². The molecule has 0 spiro atoms. The number of aromatic nitrogens is 4. The molecule has 0 fully saturated rings. The van der Waals surface area contributed by atoms with Gasteiger partial charge in [-0.05, 0) is 38.1 Å². The molecule has 5 aromatic rings. The fourth-order valence-corrected chi connectivity index (χ4v) is 4.80. The van der Waals surface area contributed by atoms with Gasteiger partial charge in [-0.25, -0.2) is 17.7 Å². The number of rotatable bonds is 4. The maximum atomic E-state index is 13.4. The van der Waals surface area contributed by atoms with Gasteiger partial charge >= 0.3 is 0 Å². The van der Waals surface area contributed by atoms with Crippen LogP contribution in [0.25, 0.3) is 28.1 Å². The van der Waals surface area contributed by atoms with Gasteiger partial charge in [0.05, 0.1) is 15.9 Å². The standard InChI is InChI=1S/C24H21N5O2S/c1-16-8-12-18(13-9-16)22-26-27-24-23(25-20-6-4-5-7-21(20)29(22)24)28(3)32(30,31)19-14-10-17(2)11-15-19/h4-15H,1-3H3. The molecule has 0 amide bonds. The zero-order chi connectivity index (χ0) is 22.5. The van der Waals surface area contributed by atoms with Crippen LogP contribution >= 0.6 is 0 Å². The summed E-state index contributed by atoms with van der Waals surface area (Å²) in [4.78, 5) is 4.85. The number of hydrogen-bond donors (Lipinski definition) is 0. The predicted octanol–water partition coefficient (Wildman–Crippen LogP) is 4.39. The summed E-state index contributed by atoms with van der Waals surface area (Å²) in [6.07, 6.45) is 0. The molecule has 0 radical (unpaired) electrons. The Morgan fingerprint density at radius 1 is 0.812 bits per heavy atom. The summed E-state index contributed by atoms with van der Waals surface area (Å²) in [7, 11) is -2.35. The lowest BCUT2D eigenvalue weighted by molar-refractivity contribution is 0.594. The number of fused-ring (bicyclic) bond motifs is 3. The molecule has 0 aliphatic rings. The van der Waals surface area contributed by atoms with Crippen molar-refractivity contribution in [2.45, 2.75) is 18.7 Å². The molecule has 0 atom stereocenters. The highest BCUT2D eigenvalue weighted by atomic mass is 32.2. The topological polar surface area (TPSA) is 80.5 Å². The van der Waals surface area contributed by atoms with E-state index in [9.17, 15) is 8.42 Å². The molecular formula is C24H21N5O2S. The fraction of sp³-hybridized carbons (Fsp3) is 0.125. The summed E-state index contributed by atoms with van der Waals surface area (Å²) < 4.78 is 29.8. The maximum Gasteiger partial charge on any atom is 0.265 e. The second kappa shape index (κ2) is 7.42. The minimum Gasteiger partial charge on any atom is -0.270 e. The van der Waals surface area contributed by atoms with Crippen molar-refractivity contribution >= 4 is 32.5 Å². The molecule has 2 aromatic heterocycles. The van der Waals surface area contributed by atoms with Crippen LogP contribution in [-0.2, 0) is 10.0 Å². The second-order valence-electron chi connectivity index (χ2n) is 7.76. The highest BCUT2D eigenvalue weighted by Gasteiger charge is 2.27. The number of nitrogens with zero attached hydrogens (tertiary/aromatic N) is 5. The molecule has 0 unspecified atom stereocenters. The number of benzene rings is 3. The Balaban J connectivity index is 1.76. The van der Waals surface area contributed by atoms with Gasteiger partial charge in [-0.15, -0.1) is 10.2 Å². The summed E-state index contributed by atoms with van der Waals surface area (Å²) in [6, 6.07) is 22.3. The Morgan fingerprint density at radius 2 is 1.44 bits per heavy atom. The van der Waals surface area contributed by atoms with Crippen molar-refractivity contribution in [1.29, 1.82) is 0 Å². The molecular weight excluding hydrogens is 422 g/mol. The van der Waals surface area contributed by atoms with Gasteiger partial charge in [-0.2, -0.15) is 0 Å². The molecule has 8 heteroatoms. The molecule has 5 rings (SSSR count). The summed E-state index contributed by atoms with van der Waals surface area (Å²) in [5.74, 6) is 0.844. The smallest absolute Gasteiger partial charge is 0.265 e. The lowest BCUT2D eigenvalue weighted by atomic mass is 10.1. The quantitative estimate of drug-likeness (QED) is 0.412. The molecule has 3 aromatic carbocycles. The van der Waals surface area contributed by atoms with Gasteiger partial charge in [0.15, 0.2) is 11.6 Å². The summed E-state index contributed by atoms with van der Waals surface area (Å²) in [5.41, 5.74) is 4.82. The van der Waals surface area contributed by atoms with Crippen molar-refractivity contribution in [3.05, 3.63) is 83.9 Å². The van der Waals surface area contributed by atoms with Gasteiger partial charge in [-0.3, -0.25) is 4.40 Å². The van der Waals surface area contributed by atoms with Crippen LogP contribution in [0, 0.1) is 13.8 Å². The third-order valence-electron chi connectivity index (χ3n) is 5.50. The Kier molecular flexibility index (Phi) is 4.67. The molecule has 32 heavy (non-hydrogen) atoms. The third kappa shape index (κ3) is 3.20. The highest BCUT2D eigenvalue weighted by Crippen LogP contribution is 2.30. The van der Waals surface area contributed by atoms with E-state index in [1.165, 1.54) is 11.4 Å². The van der Waals surface area contributed by atoms with Gasteiger partial charge in [0.1, 0.15) is 0 Å². The minimum absolute atomic E-state index is 0.192. The van der Waals surface area contributed by atoms with E-state index in [0.29, 0.717) is 17.0 Å². The fourth-order valence-electron chi connectivity index (χ4n) is 3.65. The van der Waals surface area contributed by atoms with Crippen LogP contribution in [0.15, 0.2) is 77.7 Å². The van der Waals surface area contributed by atoms with Crippen LogP contribution in [-0.4, -0.2) is 35.0 Å². The summed E-state index contributed by atoms with van der Waals surface area (Å²) in [6.45, 7) is 3.94. The Hall–Kier alpha value is -3.78. The number of para-hydroxylation sites is 2. The molecule has 0 aliphatic heterocycles. The van der Waals surface area contributed by atoms with Crippen LogP contribution in [0.3, 0.4) is 0 Å². The first-order valence-corrected chi connectivity index (χ1v) is 11.6. The second-order valence-corrected chi connectivity index (χ2v) is 9.73. The van der Waals surface area contributed by atoms with E-state index in [4.69, 9.17) is 0 Å². The van der Waals surface area contributed by atoms with Crippen LogP contribution < -0.4 is 4.31 Å². The third-order valence-corrected chi connectivity index (χ3v) is 7.26. The van der Waals surface area contributed by atoms with Crippen molar-refractivity contribution in [3.63, 3.8) is 0 Å². The van der Waals surface area contributed by atoms with E-state index in [0.717, 1.165) is 22.2 Å². The maximum absolute atomic E-state index is 13.4. The Bertz CT molecular complexity index is 1560. The first-order chi connectivity index (χ1) is 15.4.